The van der Waals surface area contributed by atoms with Crippen LogP contribution in [-0.4, -0.2) is 39.3 Å². The van der Waals surface area contributed by atoms with Crippen molar-refractivity contribution in [2.45, 2.75) is 18.7 Å². The summed E-state index contributed by atoms with van der Waals surface area (Å²) in [5.41, 5.74) is 4.67. The third kappa shape index (κ3) is 2.78. The Balaban J connectivity index is 1.87. The Bertz CT molecular complexity index is 1210. The lowest BCUT2D eigenvalue weighted by Gasteiger charge is -2.06. The molecule has 7 nitrogen and oxygen atoms in total. The van der Waals surface area contributed by atoms with Gasteiger partial charge in [0, 0.05) is 17.5 Å². The summed E-state index contributed by atoms with van der Waals surface area (Å²) in [4.78, 5) is 12.4. The topological polar surface area (TPSA) is 104 Å². The van der Waals surface area contributed by atoms with Crippen molar-refractivity contribution in [2.24, 2.45) is 0 Å². The summed E-state index contributed by atoms with van der Waals surface area (Å²) in [7, 11) is -3.28. The molecular formula is C18H17N5O2S. The summed E-state index contributed by atoms with van der Waals surface area (Å²) in [6.07, 6.45) is 3.39. The average Bonchev–Trinajstić information content (AvgIpc) is 3.27. The van der Waals surface area contributed by atoms with Crippen molar-refractivity contribution in [1.82, 2.24) is 25.1 Å². The molecule has 3 heterocycles. The molecule has 26 heavy (non-hydrogen) atoms. The molecule has 0 atom stereocenters. The number of nitrogens with zero attached hydrogens (tertiary/aromatic N) is 3. The summed E-state index contributed by atoms with van der Waals surface area (Å²) < 4.78 is 24.4. The lowest BCUT2D eigenvalue weighted by molar-refractivity contribution is 0.597. The molecule has 0 saturated heterocycles. The van der Waals surface area contributed by atoms with Crippen LogP contribution in [0.3, 0.4) is 0 Å². The number of imidazole rings is 1. The predicted molar refractivity (Wildman–Crippen MR) is 99.4 cm³/mol. The van der Waals surface area contributed by atoms with Crippen molar-refractivity contribution in [3.63, 3.8) is 0 Å². The minimum atomic E-state index is -3.28. The number of aromatic amines is 2. The number of hydrogen-bond acceptors (Lipinski definition) is 5. The van der Waals surface area contributed by atoms with Crippen molar-refractivity contribution >= 4 is 20.9 Å². The number of hydrogen-bond donors (Lipinski definition) is 2. The monoisotopic (exact) mass is 367 g/mol. The van der Waals surface area contributed by atoms with Gasteiger partial charge in [0.25, 0.3) is 0 Å². The largest absolute Gasteiger partial charge is 0.335 e. The van der Waals surface area contributed by atoms with E-state index < -0.39 is 9.84 Å². The van der Waals surface area contributed by atoms with E-state index in [1.54, 1.807) is 37.5 Å². The van der Waals surface area contributed by atoms with Crippen LogP contribution >= 0.6 is 0 Å². The summed E-state index contributed by atoms with van der Waals surface area (Å²) in [6.45, 7) is 3.56. The number of fused-ring (bicyclic) bond motifs is 1. The molecule has 0 unspecified atom stereocenters. The van der Waals surface area contributed by atoms with Gasteiger partial charge >= 0.3 is 0 Å². The van der Waals surface area contributed by atoms with Crippen molar-refractivity contribution in [2.75, 3.05) is 5.75 Å². The summed E-state index contributed by atoms with van der Waals surface area (Å²) in [6, 6.07) is 8.78. The van der Waals surface area contributed by atoms with Crippen LogP contribution in [0.15, 0.2) is 47.6 Å². The number of H-pyrrole nitrogens is 2. The Kier molecular flexibility index (Phi) is 3.84. The van der Waals surface area contributed by atoms with E-state index in [2.05, 4.69) is 25.1 Å². The maximum Gasteiger partial charge on any atom is 0.178 e. The Morgan fingerprint density at radius 3 is 2.73 bits per heavy atom. The summed E-state index contributed by atoms with van der Waals surface area (Å²) in [5, 5.41) is 7.12. The predicted octanol–water partition coefficient (Wildman–Crippen LogP) is 3.12. The Hall–Kier alpha value is -3.00. The van der Waals surface area contributed by atoms with E-state index in [0.717, 1.165) is 27.9 Å². The van der Waals surface area contributed by atoms with Crippen LogP contribution in [-0.2, 0) is 9.84 Å². The fourth-order valence-electron chi connectivity index (χ4n) is 2.83. The molecule has 8 heteroatoms. The fourth-order valence-corrected chi connectivity index (χ4v) is 3.75. The zero-order valence-electron chi connectivity index (χ0n) is 14.3. The normalized spacial score (nSPS) is 11.9. The van der Waals surface area contributed by atoms with Gasteiger partial charge < -0.3 is 4.98 Å². The van der Waals surface area contributed by atoms with E-state index in [0.29, 0.717) is 16.4 Å². The van der Waals surface area contributed by atoms with Gasteiger partial charge in [0.05, 0.1) is 27.9 Å². The van der Waals surface area contributed by atoms with E-state index >= 15 is 0 Å². The molecule has 132 valence electrons. The first-order valence-corrected chi connectivity index (χ1v) is 9.82. The van der Waals surface area contributed by atoms with Crippen molar-refractivity contribution in [3.05, 3.63) is 48.4 Å². The molecule has 0 fully saturated rings. The van der Waals surface area contributed by atoms with Crippen LogP contribution in [0.2, 0.25) is 0 Å². The lowest BCUT2D eigenvalue weighted by Crippen LogP contribution is -2.03. The first kappa shape index (κ1) is 16.5. The highest BCUT2D eigenvalue weighted by Gasteiger charge is 2.16. The van der Waals surface area contributed by atoms with Gasteiger partial charge in [0.1, 0.15) is 5.69 Å². The van der Waals surface area contributed by atoms with Gasteiger partial charge in [0.15, 0.2) is 15.7 Å². The number of pyridine rings is 1. The standard InChI is InChI=1S/C18H17N5O2S/c1-3-26(24,25)13-6-4-5-12(8-13)14-9-19-10-16-17(14)21-18(20-16)15-7-11(2)22-23-15/h4-10H,3H2,1-2H3,(H,20,21)(H,22,23). The van der Waals surface area contributed by atoms with Gasteiger partial charge in [-0.2, -0.15) is 5.10 Å². The highest BCUT2D eigenvalue weighted by atomic mass is 32.2. The molecular weight excluding hydrogens is 350 g/mol. The minimum Gasteiger partial charge on any atom is -0.335 e. The maximum absolute atomic E-state index is 12.2. The van der Waals surface area contributed by atoms with Gasteiger partial charge in [-0.15, -0.1) is 0 Å². The van der Waals surface area contributed by atoms with Gasteiger partial charge in [-0.3, -0.25) is 10.1 Å². The highest BCUT2D eigenvalue weighted by Crippen LogP contribution is 2.30. The van der Waals surface area contributed by atoms with Crippen molar-refractivity contribution in [1.29, 1.82) is 0 Å². The van der Waals surface area contributed by atoms with Crippen LogP contribution in [0.4, 0.5) is 0 Å². The molecule has 0 spiro atoms. The van der Waals surface area contributed by atoms with Crippen LogP contribution in [0.25, 0.3) is 33.7 Å². The number of benzene rings is 1. The summed E-state index contributed by atoms with van der Waals surface area (Å²) >= 11 is 0. The number of aromatic nitrogens is 5. The van der Waals surface area contributed by atoms with E-state index in [1.165, 1.54) is 0 Å². The molecule has 0 aliphatic carbocycles. The summed E-state index contributed by atoms with van der Waals surface area (Å²) in [5.74, 6) is 0.695. The molecule has 0 aliphatic rings. The smallest absolute Gasteiger partial charge is 0.178 e. The number of rotatable bonds is 4. The second-order valence-corrected chi connectivity index (χ2v) is 8.31. The number of aryl methyl sites for hydroxylation is 1. The maximum atomic E-state index is 12.2. The van der Waals surface area contributed by atoms with E-state index in [9.17, 15) is 8.42 Å². The third-order valence-electron chi connectivity index (χ3n) is 4.23. The zero-order chi connectivity index (χ0) is 18.3. The van der Waals surface area contributed by atoms with Gasteiger partial charge in [-0.05, 0) is 30.7 Å². The number of nitrogens with one attached hydrogen (secondary N) is 2. The molecule has 4 aromatic rings. The number of sulfone groups is 1. The lowest BCUT2D eigenvalue weighted by atomic mass is 10.1. The van der Waals surface area contributed by atoms with Gasteiger partial charge in [0.2, 0.25) is 0 Å². The Morgan fingerprint density at radius 2 is 2.00 bits per heavy atom. The van der Waals surface area contributed by atoms with Crippen LogP contribution < -0.4 is 0 Å². The quantitative estimate of drug-likeness (QED) is 0.577. The van der Waals surface area contributed by atoms with Gasteiger partial charge in [-0.25, -0.2) is 13.4 Å². The van der Waals surface area contributed by atoms with E-state index in [4.69, 9.17) is 0 Å². The molecule has 0 radical (unpaired) electrons. The molecule has 0 bridgehead atoms. The van der Waals surface area contributed by atoms with E-state index in [-0.39, 0.29) is 5.75 Å². The molecule has 1 aromatic carbocycles. The molecule has 3 aromatic heterocycles. The highest BCUT2D eigenvalue weighted by molar-refractivity contribution is 7.91. The molecule has 0 amide bonds. The average molecular weight is 367 g/mol. The van der Waals surface area contributed by atoms with Crippen molar-refractivity contribution in [3.8, 4) is 22.6 Å². The molecule has 0 aliphatic heterocycles. The Labute approximate surface area is 150 Å². The Morgan fingerprint density at radius 1 is 1.15 bits per heavy atom. The molecule has 2 N–H and O–H groups in total. The van der Waals surface area contributed by atoms with Gasteiger partial charge in [-0.1, -0.05) is 19.1 Å². The minimum absolute atomic E-state index is 0.0595. The van der Waals surface area contributed by atoms with Crippen molar-refractivity contribution < 1.29 is 8.42 Å². The van der Waals surface area contributed by atoms with Crippen LogP contribution in [0.1, 0.15) is 12.6 Å². The molecule has 4 rings (SSSR count). The third-order valence-corrected chi connectivity index (χ3v) is 5.96. The fraction of sp³-hybridized carbons (Fsp3) is 0.167. The first-order chi connectivity index (χ1) is 12.5. The molecule has 0 saturated carbocycles. The van der Waals surface area contributed by atoms with Crippen LogP contribution in [0, 0.1) is 6.92 Å². The second-order valence-electron chi connectivity index (χ2n) is 6.04. The zero-order valence-corrected chi connectivity index (χ0v) is 15.1. The first-order valence-electron chi connectivity index (χ1n) is 8.17. The van der Waals surface area contributed by atoms with E-state index in [1.807, 2.05) is 19.1 Å². The van der Waals surface area contributed by atoms with Crippen LogP contribution in [0.5, 0.6) is 0 Å². The second kappa shape index (κ2) is 6.06. The SMILES string of the molecule is CCS(=O)(=O)c1cccc(-c2cncc3[nH]c(-c4cc(C)[nH]n4)nc23)c1.